The Bertz CT molecular complexity index is 958. The first-order valence-electron chi connectivity index (χ1n) is 9.45. The Morgan fingerprint density at radius 3 is 2.50 bits per heavy atom. The van der Waals surface area contributed by atoms with E-state index in [1.807, 2.05) is 0 Å². The number of ether oxygens (including phenoxy) is 4. The zero-order chi connectivity index (χ0) is 21.5. The Balaban J connectivity index is 1.51. The van der Waals surface area contributed by atoms with Crippen molar-refractivity contribution in [2.75, 3.05) is 6.61 Å². The van der Waals surface area contributed by atoms with Crippen LogP contribution in [0.5, 0.6) is 5.75 Å². The molecule has 2 N–H and O–H groups in total. The van der Waals surface area contributed by atoms with Crippen LogP contribution in [-0.2, 0) is 18.9 Å². The number of nitrogens with zero attached hydrogens (tertiary/aromatic N) is 1. The van der Waals surface area contributed by atoms with Crippen molar-refractivity contribution in [1.29, 1.82) is 0 Å². The number of phenolic OH excluding ortho intramolecular Hbond substituents is 1. The number of pyridine rings is 1. The molecule has 2 aliphatic rings. The molecule has 2 saturated heterocycles. The largest absolute Gasteiger partial charge is 0.508 e. The topological polar surface area (TPSA) is 115 Å². The summed E-state index contributed by atoms with van der Waals surface area (Å²) in [5.41, 5.74) is 0.407. The van der Waals surface area contributed by atoms with Gasteiger partial charge in [-0.05, 0) is 44.2 Å². The molecule has 0 aliphatic carbocycles. The van der Waals surface area contributed by atoms with E-state index in [9.17, 15) is 19.8 Å². The van der Waals surface area contributed by atoms with Gasteiger partial charge in [0.05, 0.1) is 5.56 Å². The molecule has 158 valence electrons. The van der Waals surface area contributed by atoms with E-state index >= 15 is 0 Å². The Morgan fingerprint density at radius 1 is 1.10 bits per heavy atom. The number of carbonyl (C=O) groups excluding carboxylic acids is 1. The smallest absolute Gasteiger partial charge is 0.341 e. The summed E-state index contributed by atoms with van der Waals surface area (Å²) in [7, 11) is 0. The van der Waals surface area contributed by atoms with Gasteiger partial charge in [-0.1, -0.05) is 0 Å². The lowest BCUT2D eigenvalue weighted by Gasteiger charge is -2.22. The van der Waals surface area contributed by atoms with Gasteiger partial charge in [-0.15, -0.1) is 0 Å². The van der Waals surface area contributed by atoms with Gasteiger partial charge in [-0.25, -0.2) is 9.59 Å². The van der Waals surface area contributed by atoms with Crippen LogP contribution in [0.2, 0.25) is 0 Å². The zero-order valence-corrected chi connectivity index (χ0v) is 16.4. The molecule has 0 unspecified atom stereocenters. The van der Waals surface area contributed by atoms with E-state index in [1.165, 1.54) is 36.5 Å². The van der Waals surface area contributed by atoms with E-state index in [1.54, 1.807) is 30.7 Å². The highest BCUT2D eigenvalue weighted by molar-refractivity contribution is 5.89. The number of carbonyl (C=O) groups is 2. The van der Waals surface area contributed by atoms with Crippen LogP contribution < -0.4 is 4.57 Å². The van der Waals surface area contributed by atoms with Crippen LogP contribution in [0.25, 0.3) is 0 Å². The highest BCUT2D eigenvalue weighted by atomic mass is 16.8. The number of hydrogen-bond donors (Lipinski definition) is 2. The van der Waals surface area contributed by atoms with Crippen LogP contribution in [-0.4, -0.2) is 52.9 Å². The first kappa shape index (κ1) is 20.3. The van der Waals surface area contributed by atoms with Crippen LogP contribution in [0.3, 0.4) is 0 Å². The van der Waals surface area contributed by atoms with Crippen molar-refractivity contribution in [3.63, 3.8) is 0 Å². The molecule has 1 aromatic heterocycles. The average molecular weight is 416 g/mol. The third-order valence-electron chi connectivity index (χ3n) is 4.97. The van der Waals surface area contributed by atoms with Crippen LogP contribution in [0.4, 0.5) is 0 Å². The number of esters is 1. The zero-order valence-electron chi connectivity index (χ0n) is 16.4. The molecule has 30 heavy (non-hydrogen) atoms. The van der Waals surface area contributed by atoms with E-state index in [0.29, 0.717) is 5.56 Å². The van der Waals surface area contributed by atoms with Gasteiger partial charge in [0, 0.05) is 6.07 Å². The fraction of sp³-hybridized carbons (Fsp3) is 0.381. The summed E-state index contributed by atoms with van der Waals surface area (Å²) in [6, 6.07) is 8.82. The maximum atomic E-state index is 12.3. The summed E-state index contributed by atoms with van der Waals surface area (Å²) >= 11 is 0. The molecule has 2 aliphatic heterocycles. The number of carboxylic acids is 1. The predicted molar refractivity (Wildman–Crippen MR) is 99.7 cm³/mol. The number of rotatable bonds is 5. The van der Waals surface area contributed by atoms with Crippen molar-refractivity contribution in [2.24, 2.45) is 0 Å². The Labute approximate surface area is 172 Å². The summed E-state index contributed by atoms with van der Waals surface area (Å²) < 4.78 is 25.0. The molecule has 0 radical (unpaired) electrons. The minimum absolute atomic E-state index is 0.0516. The molecule has 0 bridgehead atoms. The van der Waals surface area contributed by atoms with Gasteiger partial charge in [0.15, 0.2) is 24.3 Å². The summed E-state index contributed by atoms with van der Waals surface area (Å²) in [4.78, 5) is 23.6. The maximum Gasteiger partial charge on any atom is 0.341 e. The van der Waals surface area contributed by atoms with Gasteiger partial charge in [0.2, 0.25) is 0 Å². The Hall–Kier alpha value is -3.01. The number of carboxylic acid groups (broad SMARTS) is 1. The summed E-state index contributed by atoms with van der Waals surface area (Å²) in [6.07, 6.45) is 0.888. The maximum absolute atomic E-state index is 12.3. The van der Waals surface area contributed by atoms with Crippen molar-refractivity contribution in [1.82, 2.24) is 0 Å². The van der Waals surface area contributed by atoms with Gasteiger partial charge in [0.25, 0.3) is 6.23 Å². The first-order chi connectivity index (χ1) is 14.2. The van der Waals surface area contributed by atoms with Crippen LogP contribution in [0.15, 0.2) is 48.8 Å². The van der Waals surface area contributed by atoms with Crippen LogP contribution >= 0.6 is 0 Å². The number of phenols is 1. The van der Waals surface area contributed by atoms with Gasteiger partial charge in [-0.3, -0.25) is 0 Å². The molecule has 0 amide bonds. The lowest BCUT2D eigenvalue weighted by atomic mass is 10.1. The number of fused-ring (bicyclic) bond motifs is 1. The average Bonchev–Trinajstić information content (AvgIpc) is 3.19. The van der Waals surface area contributed by atoms with Gasteiger partial charge in [-0.2, -0.15) is 4.57 Å². The number of aromatic hydroxyl groups is 1. The SMILES string of the molecule is CC1(C)O[C@@H]2[C@H](O1)[C@@H](COC(=O)c1ccc(O)cc1)O[C@@H]2[n+]1cccc(C(=O)O)c1. The van der Waals surface area contributed by atoms with Crippen LogP contribution in [0, 0.1) is 0 Å². The van der Waals surface area contributed by atoms with Gasteiger partial charge >= 0.3 is 11.9 Å². The molecule has 3 heterocycles. The summed E-state index contributed by atoms with van der Waals surface area (Å²) in [5, 5.41) is 18.6. The Morgan fingerprint density at radius 2 is 1.80 bits per heavy atom. The van der Waals surface area contributed by atoms with Crippen molar-refractivity contribution in [2.45, 2.75) is 44.2 Å². The summed E-state index contributed by atoms with van der Waals surface area (Å²) in [6.45, 7) is 3.48. The monoisotopic (exact) mass is 416 g/mol. The highest BCUT2D eigenvalue weighted by Crippen LogP contribution is 2.41. The molecular weight excluding hydrogens is 394 g/mol. The molecule has 2 aromatic rings. The second-order valence-electron chi connectivity index (χ2n) is 7.62. The second kappa shape index (κ2) is 7.67. The fourth-order valence-corrected chi connectivity index (χ4v) is 3.65. The van der Waals surface area contributed by atoms with Crippen molar-refractivity contribution in [3.05, 3.63) is 59.9 Å². The van der Waals surface area contributed by atoms with Gasteiger partial charge < -0.3 is 29.2 Å². The van der Waals surface area contributed by atoms with Gasteiger partial charge in [0.1, 0.15) is 30.1 Å². The molecule has 2 fully saturated rings. The van der Waals surface area contributed by atoms with E-state index in [4.69, 9.17) is 18.9 Å². The third kappa shape index (κ3) is 4.00. The van der Waals surface area contributed by atoms with Crippen LogP contribution in [0.1, 0.15) is 40.8 Å². The van der Waals surface area contributed by atoms with Crippen molar-refractivity contribution >= 4 is 11.9 Å². The first-order valence-corrected chi connectivity index (χ1v) is 9.45. The highest BCUT2D eigenvalue weighted by Gasteiger charge is 2.59. The number of aromatic carboxylic acids is 1. The number of benzene rings is 1. The molecule has 4 atom stereocenters. The molecule has 0 spiro atoms. The van der Waals surface area contributed by atoms with E-state index in [0.717, 1.165) is 0 Å². The predicted octanol–water partition coefficient (Wildman–Crippen LogP) is 1.65. The molecular formula is C21H22NO8+. The molecule has 9 heteroatoms. The molecule has 4 rings (SSSR count). The molecule has 0 saturated carbocycles. The number of hydrogen-bond acceptors (Lipinski definition) is 7. The van der Waals surface area contributed by atoms with Crippen molar-refractivity contribution in [3.8, 4) is 5.75 Å². The quantitative estimate of drug-likeness (QED) is 0.559. The lowest BCUT2D eigenvalue weighted by molar-refractivity contribution is -0.766. The molecule has 1 aromatic carbocycles. The summed E-state index contributed by atoms with van der Waals surface area (Å²) in [5.74, 6) is -2.42. The van der Waals surface area contributed by atoms with Crippen molar-refractivity contribution < 1.29 is 43.3 Å². The third-order valence-corrected chi connectivity index (χ3v) is 4.97. The second-order valence-corrected chi connectivity index (χ2v) is 7.62. The standard InChI is InChI=1S/C21H21NO8/c1-21(2)29-16-15(11-27-20(26)12-5-7-14(23)8-6-12)28-18(17(16)30-21)22-9-3-4-13(10-22)19(24)25/h3-10,15-18H,11H2,1-2H3,(H-,23,24,25,26)/p+1/t15-,16-,17-,18+/m1/s1. The molecule has 9 nitrogen and oxygen atoms in total. The van der Waals surface area contributed by atoms with E-state index in [2.05, 4.69) is 0 Å². The number of aromatic nitrogens is 1. The normalized spacial score (nSPS) is 26.9. The van der Waals surface area contributed by atoms with E-state index < -0.39 is 42.3 Å². The minimum atomic E-state index is -1.05. The fourth-order valence-electron chi connectivity index (χ4n) is 3.65. The minimum Gasteiger partial charge on any atom is -0.508 e. The Kier molecular flexibility index (Phi) is 5.19. The van der Waals surface area contributed by atoms with E-state index in [-0.39, 0.29) is 17.9 Å². The lowest BCUT2D eigenvalue weighted by Crippen LogP contribution is -2.46.